The van der Waals surface area contributed by atoms with E-state index >= 15 is 0 Å². The lowest BCUT2D eigenvalue weighted by Gasteiger charge is -2.29. The summed E-state index contributed by atoms with van der Waals surface area (Å²) >= 11 is 0. The van der Waals surface area contributed by atoms with Crippen LogP contribution in [0.15, 0.2) is 0 Å². The molecule has 0 aliphatic carbocycles. The molecule has 3 atom stereocenters. The average molecular weight is 196 g/mol. The number of carbonyl (C=O) groups excluding carboxylic acids is 1. The molecule has 0 aromatic carbocycles. The monoisotopic (exact) mass is 196 g/mol. The van der Waals surface area contributed by atoms with Crippen LogP contribution in [0.5, 0.6) is 0 Å². The second-order valence-corrected chi connectivity index (χ2v) is 4.62. The zero-order chi connectivity index (χ0) is 10.1. The Kier molecular flexibility index (Phi) is 2.88. The quantitative estimate of drug-likeness (QED) is 0.698. The van der Waals surface area contributed by atoms with Crippen LogP contribution in [0.4, 0.5) is 0 Å². The summed E-state index contributed by atoms with van der Waals surface area (Å²) in [6.07, 6.45) is 1.86. The number of Topliss-reactive ketones (excluding diaryl/α,β-unsaturated/α-hetero) is 1. The second-order valence-electron chi connectivity index (χ2n) is 4.62. The summed E-state index contributed by atoms with van der Waals surface area (Å²) in [5, 5.41) is 3.42. The molecule has 3 unspecified atom stereocenters. The molecule has 0 spiro atoms. The lowest BCUT2D eigenvalue weighted by Crippen LogP contribution is -2.41. The summed E-state index contributed by atoms with van der Waals surface area (Å²) in [5.41, 5.74) is 0. The van der Waals surface area contributed by atoms with Gasteiger partial charge in [-0.25, -0.2) is 0 Å². The number of carbonyl (C=O) groups is 1. The number of rotatable bonds is 2. The van der Waals surface area contributed by atoms with Crippen molar-refractivity contribution in [3.8, 4) is 0 Å². The van der Waals surface area contributed by atoms with Gasteiger partial charge in [-0.3, -0.25) is 9.69 Å². The van der Waals surface area contributed by atoms with Gasteiger partial charge in [0.2, 0.25) is 0 Å². The SMILES string of the molecule is CCC(=O)C1C2CCNCC2CN1C. The Morgan fingerprint density at radius 2 is 2.36 bits per heavy atom. The molecule has 2 aliphatic rings. The van der Waals surface area contributed by atoms with Crippen LogP contribution in [0.3, 0.4) is 0 Å². The molecular formula is C11H20N2O. The number of hydrogen-bond donors (Lipinski definition) is 1. The zero-order valence-electron chi connectivity index (χ0n) is 9.12. The number of likely N-dealkylation sites (tertiary alicyclic amines) is 1. The second kappa shape index (κ2) is 3.99. The molecular weight excluding hydrogens is 176 g/mol. The van der Waals surface area contributed by atoms with Gasteiger partial charge >= 0.3 is 0 Å². The highest BCUT2D eigenvalue weighted by Crippen LogP contribution is 2.33. The fraction of sp³-hybridized carbons (Fsp3) is 0.909. The van der Waals surface area contributed by atoms with Crippen molar-refractivity contribution < 1.29 is 4.79 Å². The maximum atomic E-state index is 11.8. The Balaban J connectivity index is 2.11. The molecule has 14 heavy (non-hydrogen) atoms. The number of hydrogen-bond acceptors (Lipinski definition) is 3. The van der Waals surface area contributed by atoms with Gasteiger partial charge < -0.3 is 5.32 Å². The zero-order valence-corrected chi connectivity index (χ0v) is 9.12. The first-order chi connectivity index (χ1) is 6.74. The smallest absolute Gasteiger partial charge is 0.149 e. The van der Waals surface area contributed by atoms with E-state index in [2.05, 4.69) is 17.3 Å². The van der Waals surface area contributed by atoms with E-state index in [0.717, 1.165) is 19.6 Å². The average Bonchev–Trinajstić information content (AvgIpc) is 2.53. The van der Waals surface area contributed by atoms with E-state index in [1.165, 1.54) is 6.42 Å². The van der Waals surface area contributed by atoms with Crippen LogP contribution in [-0.2, 0) is 4.79 Å². The van der Waals surface area contributed by atoms with Crippen molar-refractivity contribution in [3.63, 3.8) is 0 Å². The first-order valence-electron chi connectivity index (χ1n) is 5.67. The maximum Gasteiger partial charge on any atom is 0.149 e. The van der Waals surface area contributed by atoms with Crippen LogP contribution in [0.25, 0.3) is 0 Å². The first-order valence-corrected chi connectivity index (χ1v) is 5.67. The number of nitrogens with zero attached hydrogens (tertiary/aromatic N) is 1. The molecule has 2 saturated heterocycles. The number of likely N-dealkylation sites (N-methyl/N-ethyl adjacent to an activating group) is 1. The number of ketones is 1. The van der Waals surface area contributed by atoms with Gasteiger partial charge in [-0.1, -0.05) is 6.92 Å². The van der Waals surface area contributed by atoms with E-state index < -0.39 is 0 Å². The van der Waals surface area contributed by atoms with E-state index in [4.69, 9.17) is 0 Å². The molecule has 2 rings (SSSR count). The Labute approximate surface area is 85.8 Å². The molecule has 2 fully saturated rings. The molecule has 80 valence electrons. The Bertz CT molecular complexity index is 229. The van der Waals surface area contributed by atoms with Gasteiger partial charge in [0.15, 0.2) is 0 Å². The van der Waals surface area contributed by atoms with Gasteiger partial charge in [0, 0.05) is 13.0 Å². The fourth-order valence-corrected chi connectivity index (χ4v) is 3.06. The summed E-state index contributed by atoms with van der Waals surface area (Å²) in [6.45, 7) is 5.25. The standard InChI is InChI=1S/C11H20N2O/c1-3-10(14)11-9-4-5-12-6-8(9)7-13(11)2/h8-9,11-12H,3-7H2,1-2H3. The highest BCUT2D eigenvalue weighted by Gasteiger charge is 2.43. The molecule has 0 bridgehead atoms. The first kappa shape index (κ1) is 10.1. The Morgan fingerprint density at radius 3 is 3.07 bits per heavy atom. The molecule has 1 N–H and O–H groups in total. The van der Waals surface area contributed by atoms with Crippen molar-refractivity contribution in [3.05, 3.63) is 0 Å². The summed E-state index contributed by atoms with van der Waals surface area (Å²) in [5.74, 6) is 1.75. The fourth-order valence-electron chi connectivity index (χ4n) is 3.06. The molecule has 2 heterocycles. The minimum absolute atomic E-state index is 0.215. The summed E-state index contributed by atoms with van der Waals surface area (Å²) in [7, 11) is 2.09. The minimum atomic E-state index is 0.215. The summed E-state index contributed by atoms with van der Waals surface area (Å²) in [6, 6.07) is 0.215. The normalized spacial score (nSPS) is 38.3. The van der Waals surface area contributed by atoms with Crippen molar-refractivity contribution in [1.82, 2.24) is 10.2 Å². The van der Waals surface area contributed by atoms with Crippen LogP contribution < -0.4 is 5.32 Å². The van der Waals surface area contributed by atoms with Crippen LogP contribution in [0.2, 0.25) is 0 Å². The van der Waals surface area contributed by atoms with Crippen LogP contribution >= 0.6 is 0 Å². The van der Waals surface area contributed by atoms with Gasteiger partial charge in [0.25, 0.3) is 0 Å². The summed E-state index contributed by atoms with van der Waals surface area (Å²) < 4.78 is 0. The number of fused-ring (bicyclic) bond motifs is 1. The molecule has 2 aliphatic heterocycles. The molecule has 3 heteroatoms. The van der Waals surface area contributed by atoms with E-state index in [9.17, 15) is 4.79 Å². The minimum Gasteiger partial charge on any atom is -0.316 e. The predicted octanol–water partition coefficient (Wildman–Crippen LogP) is 0.505. The van der Waals surface area contributed by atoms with Crippen LogP contribution in [-0.4, -0.2) is 43.4 Å². The van der Waals surface area contributed by atoms with Gasteiger partial charge in [0.05, 0.1) is 6.04 Å². The molecule has 3 nitrogen and oxygen atoms in total. The Hall–Kier alpha value is -0.410. The molecule has 0 aromatic rings. The van der Waals surface area contributed by atoms with Crippen molar-refractivity contribution >= 4 is 5.78 Å². The number of nitrogens with one attached hydrogen (secondary N) is 1. The molecule has 0 saturated carbocycles. The Morgan fingerprint density at radius 1 is 1.57 bits per heavy atom. The highest BCUT2D eigenvalue weighted by molar-refractivity contribution is 5.84. The highest BCUT2D eigenvalue weighted by atomic mass is 16.1. The van der Waals surface area contributed by atoms with E-state index in [-0.39, 0.29) is 6.04 Å². The maximum absolute atomic E-state index is 11.8. The summed E-state index contributed by atoms with van der Waals surface area (Å²) in [4.78, 5) is 14.1. The van der Waals surface area contributed by atoms with E-state index in [0.29, 0.717) is 24.0 Å². The van der Waals surface area contributed by atoms with Crippen LogP contribution in [0, 0.1) is 11.8 Å². The van der Waals surface area contributed by atoms with E-state index in [1.807, 2.05) is 6.92 Å². The predicted molar refractivity (Wildman–Crippen MR) is 56.2 cm³/mol. The third-order valence-electron chi connectivity index (χ3n) is 3.75. The van der Waals surface area contributed by atoms with Gasteiger partial charge in [0.1, 0.15) is 5.78 Å². The van der Waals surface area contributed by atoms with Crippen molar-refractivity contribution in [1.29, 1.82) is 0 Å². The topological polar surface area (TPSA) is 32.3 Å². The third-order valence-corrected chi connectivity index (χ3v) is 3.75. The lowest BCUT2D eigenvalue weighted by atomic mass is 9.83. The number of piperidine rings is 1. The third kappa shape index (κ3) is 1.59. The largest absolute Gasteiger partial charge is 0.316 e. The van der Waals surface area contributed by atoms with Gasteiger partial charge in [-0.2, -0.15) is 0 Å². The van der Waals surface area contributed by atoms with Gasteiger partial charge in [-0.05, 0) is 38.4 Å². The van der Waals surface area contributed by atoms with E-state index in [1.54, 1.807) is 0 Å². The van der Waals surface area contributed by atoms with Crippen LogP contribution in [0.1, 0.15) is 19.8 Å². The molecule has 0 radical (unpaired) electrons. The van der Waals surface area contributed by atoms with Crippen molar-refractivity contribution in [2.45, 2.75) is 25.8 Å². The van der Waals surface area contributed by atoms with Gasteiger partial charge in [-0.15, -0.1) is 0 Å². The van der Waals surface area contributed by atoms with Crippen molar-refractivity contribution in [2.75, 3.05) is 26.7 Å². The molecule has 0 aromatic heterocycles. The molecule has 0 amide bonds. The van der Waals surface area contributed by atoms with Crippen molar-refractivity contribution in [2.24, 2.45) is 11.8 Å². The lowest BCUT2D eigenvalue weighted by molar-refractivity contribution is -0.124.